The zero-order valence-corrected chi connectivity index (χ0v) is 2.05. The Morgan fingerprint density at radius 1 is 2.50 bits per heavy atom. The van der Waals surface area contributed by atoms with E-state index in [0.29, 0.717) is 0 Å². The summed E-state index contributed by atoms with van der Waals surface area (Å²) in [5.74, 6) is 0. The van der Waals surface area contributed by atoms with Crippen LogP contribution < -0.4 is 0 Å². The summed E-state index contributed by atoms with van der Waals surface area (Å²) < 4.78 is 6.18. The Hall–Kier alpha value is -0.690. The molecule has 0 aliphatic heterocycles. The Morgan fingerprint density at radius 3 is 3.25 bits per heavy atom. The number of hydrogen-bond donors (Lipinski definition) is 0. The number of nitrogens with zero attached hydrogens (tertiary/aromatic N) is 3. The molecule has 0 N–H and O–H groups in total. The van der Waals surface area contributed by atoms with Crippen LogP contribution in [0.3, 0.4) is 0 Å². The monoisotopic (exact) mass is 58.0 g/mol. The summed E-state index contributed by atoms with van der Waals surface area (Å²) in [7, 11) is -0.198. The first kappa shape index (κ1) is 1.61. The van der Waals surface area contributed by atoms with Crippen LogP contribution in [0.1, 0.15) is 1.37 Å². The molecular weight excluding hydrogens is 54.0 g/mol. The Bertz CT molecular complexity index is 53.9. The lowest BCUT2D eigenvalue weighted by Crippen LogP contribution is -1.22. The van der Waals surface area contributed by atoms with Gasteiger partial charge in [-0.05, 0) is 5.53 Å². The van der Waals surface area contributed by atoms with E-state index in [1.165, 1.54) is 0 Å². The molecule has 0 aliphatic carbocycles. The molecule has 0 radical (unpaired) electrons. The van der Waals surface area contributed by atoms with Crippen LogP contribution in [-0.2, 0) is 0 Å². The van der Waals surface area contributed by atoms with Gasteiger partial charge in [0, 0.05) is 13.3 Å². The predicted molar refractivity (Wildman–Crippen MR) is 15.1 cm³/mol. The molecule has 22 valence electrons. The van der Waals surface area contributed by atoms with Crippen molar-refractivity contribution >= 4 is 0 Å². The van der Waals surface area contributed by atoms with Crippen LogP contribution in [0.25, 0.3) is 10.4 Å². The quantitative estimate of drug-likeness (QED) is 0.226. The van der Waals surface area contributed by atoms with Crippen molar-refractivity contribution in [3.63, 3.8) is 0 Å². The van der Waals surface area contributed by atoms with Crippen molar-refractivity contribution < 1.29 is 1.37 Å². The Balaban J connectivity index is 2.93. The van der Waals surface area contributed by atoms with Gasteiger partial charge in [-0.3, -0.25) is 0 Å². The number of hydrogen-bond acceptors (Lipinski definition) is 1. The van der Waals surface area contributed by atoms with Crippen molar-refractivity contribution in [3.8, 4) is 0 Å². The molecule has 0 rings (SSSR count). The van der Waals surface area contributed by atoms with E-state index < -0.39 is 0 Å². The zero-order chi connectivity index (χ0) is 4.12. The first-order valence-corrected chi connectivity index (χ1v) is 0.716. The van der Waals surface area contributed by atoms with E-state index in [9.17, 15) is 0 Å². The van der Waals surface area contributed by atoms with E-state index in [4.69, 9.17) is 6.90 Å². The summed E-state index contributed by atoms with van der Waals surface area (Å²) in [6.07, 6.45) is 0. The fourth-order valence-corrected chi connectivity index (χ4v) is 0. The van der Waals surface area contributed by atoms with Gasteiger partial charge in [-0.2, -0.15) is 0 Å². The molecule has 3 nitrogen and oxygen atoms in total. The second-order valence-corrected chi connectivity index (χ2v) is 0.231. The highest BCUT2D eigenvalue weighted by atomic mass is 15.1. The van der Waals surface area contributed by atoms with Crippen LogP contribution in [-0.4, -0.2) is 7.02 Å². The smallest absolute Gasteiger partial charge is 0.0287 e. The van der Waals surface area contributed by atoms with Crippen molar-refractivity contribution in [2.45, 2.75) is 0 Å². The van der Waals surface area contributed by atoms with E-state index in [1.807, 2.05) is 0 Å². The van der Waals surface area contributed by atoms with Gasteiger partial charge in [0.2, 0.25) is 0 Å². The SMILES string of the molecule is [2H]CN=[N+]=[N-]. The van der Waals surface area contributed by atoms with Crippen molar-refractivity contribution in [1.29, 1.82) is 0 Å². The molecule has 0 aromatic carbocycles. The molecule has 0 unspecified atom stereocenters. The zero-order valence-electron chi connectivity index (χ0n) is 3.05. The maximum absolute atomic E-state index is 7.40. The number of azide groups is 1. The lowest BCUT2D eigenvalue weighted by Gasteiger charge is -1.35. The standard InChI is InChI=1S/CH3N3/c1-3-4-2/h1H3/i1D. The van der Waals surface area contributed by atoms with Gasteiger partial charge in [0.15, 0.2) is 0 Å². The fraction of sp³-hybridized carbons (Fsp3) is 1.00. The summed E-state index contributed by atoms with van der Waals surface area (Å²) >= 11 is 0. The molecule has 0 aromatic rings. The van der Waals surface area contributed by atoms with Gasteiger partial charge in [-0.25, -0.2) is 0 Å². The minimum absolute atomic E-state index is 0.198. The lowest BCUT2D eigenvalue weighted by molar-refractivity contribution is 1.40. The molecule has 4 heavy (non-hydrogen) atoms. The highest BCUT2D eigenvalue weighted by Crippen LogP contribution is 1.46. The third-order valence-electron chi connectivity index (χ3n) is 0.0632. The van der Waals surface area contributed by atoms with E-state index >= 15 is 0 Å². The van der Waals surface area contributed by atoms with Crippen molar-refractivity contribution in [3.05, 3.63) is 10.4 Å². The fourth-order valence-electron chi connectivity index (χ4n) is 0. The molecule has 0 saturated carbocycles. The molecule has 0 aromatic heterocycles. The largest absolute Gasteiger partial charge is 0.0973 e. The number of rotatable bonds is 0. The van der Waals surface area contributed by atoms with Gasteiger partial charge in [-0.1, -0.05) is 5.11 Å². The van der Waals surface area contributed by atoms with Gasteiger partial charge in [0.1, 0.15) is 0 Å². The molecule has 0 fully saturated rings. The maximum atomic E-state index is 7.40. The summed E-state index contributed by atoms with van der Waals surface area (Å²) in [5, 5.41) is 2.82. The van der Waals surface area contributed by atoms with Crippen molar-refractivity contribution in [2.75, 3.05) is 7.02 Å². The maximum Gasteiger partial charge on any atom is 0.0287 e. The Morgan fingerprint density at radius 2 is 3.25 bits per heavy atom. The second kappa shape index (κ2) is 2.31. The normalized spacial score (nSPS) is 7.50. The van der Waals surface area contributed by atoms with Crippen LogP contribution in [0.15, 0.2) is 5.11 Å². The molecule has 0 heterocycles. The first-order chi connectivity index (χ1) is 2.41. The van der Waals surface area contributed by atoms with Crippen molar-refractivity contribution in [2.24, 2.45) is 5.11 Å². The minimum Gasteiger partial charge on any atom is -0.0973 e. The van der Waals surface area contributed by atoms with Gasteiger partial charge in [0.25, 0.3) is 0 Å². The van der Waals surface area contributed by atoms with E-state index in [-0.39, 0.29) is 7.02 Å². The van der Waals surface area contributed by atoms with Gasteiger partial charge in [0.05, 0.1) is 0 Å². The molecule has 0 aliphatic rings. The first-order valence-electron chi connectivity index (χ1n) is 1.42. The summed E-state index contributed by atoms with van der Waals surface area (Å²) in [6.45, 7) is 0. The third kappa shape index (κ3) is 1.31. The van der Waals surface area contributed by atoms with Crippen LogP contribution in [0.2, 0.25) is 0 Å². The predicted octanol–water partition coefficient (Wildman–Crippen LogP) is 0.927. The van der Waals surface area contributed by atoms with Gasteiger partial charge >= 0.3 is 0 Å². The second-order valence-electron chi connectivity index (χ2n) is 0.231. The molecular formula is CH3N3. The van der Waals surface area contributed by atoms with E-state index in [1.54, 1.807) is 0 Å². The Kier molecular flexibility index (Phi) is 0.931. The van der Waals surface area contributed by atoms with E-state index in [2.05, 4.69) is 10.0 Å². The highest BCUT2D eigenvalue weighted by molar-refractivity contribution is 4.30. The van der Waals surface area contributed by atoms with Gasteiger partial charge in [-0.15, -0.1) is 0 Å². The Labute approximate surface area is 25.3 Å². The molecule has 0 atom stereocenters. The molecule has 0 amide bonds. The van der Waals surface area contributed by atoms with Crippen LogP contribution in [0, 0.1) is 0 Å². The molecule has 0 spiro atoms. The minimum atomic E-state index is -0.198. The summed E-state index contributed by atoms with van der Waals surface area (Å²) in [5.41, 5.74) is 7.40. The average Bonchev–Trinajstić information content (AvgIpc) is 1.41. The average molecular weight is 58.1 g/mol. The third-order valence-corrected chi connectivity index (χ3v) is 0.0632. The molecule has 0 bridgehead atoms. The van der Waals surface area contributed by atoms with Crippen molar-refractivity contribution in [1.82, 2.24) is 0 Å². The molecule has 3 heteroatoms. The van der Waals surface area contributed by atoms with Crippen LogP contribution >= 0.6 is 0 Å². The lowest BCUT2D eigenvalue weighted by atomic mass is 11.6. The summed E-state index contributed by atoms with van der Waals surface area (Å²) in [4.78, 5) is 2.29. The van der Waals surface area contributed by atoms with E-state index in [0.717, 1.165) is 0 Å². The topological polar surface area (TPSA) is 48.8 Å². The summed E-state index contributed by atoms with van der Waals surface area (Å²) in [6, 6.07) is 0. The van der Waals surface area contributed by atoms with Gasteiger partial charge < -0.3 is 0 Å². The van der Waals surface area contributed by atoms with Crippen LogP contribution in [0.4, 0.5) is 0 Å². The van der Waals surface area contributed by atoms with Crippen LogP contribution in [0.5, 0.6) is 0 Å². The molecule has 0 saturated heterocycles. The highest BCUT2D eigenvalue weighted by Gasteiger charge is 1.27.